The first-order valence-electron chi connectivity index (χ1n) is 4.54. The van der Waals surface area contributed by atoms with E-state index in [1.54, 1.807) is 0 Å². The highest BCUT2D eigenvalue weighted by Gasteiger charge is 2.16. The van der Waals surface area contributed by atoms with Crippen molar-refractivity contribution < 1.29 is 9.53 Å². The summed E-state index contributed by atoms with van der Waals surface area (Å²) in [4.78, 5) is 11.0. The Kier molecular flexibility index (Phi) is 4.95. The molecule has 0 unspecified atom stereocenters. The number of halogens is 1. The molecule has 0 heterocycles. The van der Waals surface area contributed by atoms with Crippen LogP contribution in [-0.4, -0.2) is 10.6 Å². The first-order chi connectivity index (χ1) is 5.83. The van der Waals surface area contributed by atoms with E-state index in [1.807, 2.05) is 22.6 Å². The van der Waals surface area contributed by atoms with Crippen molar-refractivity contribution in [3.63, 3.8) is 0 Å². The minimum absolute atomic E-state index is 0.0312. The van der Waals surface area contributed by atoms with Gasteiger partial charge >= 0.3 is 5.97 Å². The zero-order valence-electron chi connectivity index (χ0n) is 7.22. The van der Waals surface area contributed by atoms with E-state index in [0.29, 0.717) is 11.0 Å². The Morgan fingerprint density at radius 1 is 1.42 bits per heavy atom. The summed E-state index contributed by atoms with van der Waals surface area (Å²) < 4.78 is 5.34. The standard InChI is InChI=1S/C9H15IO2/c10-7-12-9(11)6-5-8-3-1-2-4-8/h8H,1-7H2. The summed E-state index contributed by atoms with van der Waals surface area (Å²) in [7, 11) is 0. The molecule has 70 valence electrons. The lowest BCUT2D eigenvalue weighted by Crippen LogP contribution is -2.05. The molecular formula is C9H15IO2. The summed E-state index contributed by atoms with van der Waals surface area (Å²) in [6.45, 7) is 0. The van der Waals surface area contributed by atoms with Crippen LogP contribution in [0.25, 0.3) is 0 Å². The van der Waals surface area contributed by atoms with Gasteiger partial charge in [-0.2, -0.15) is 0 Å². The molecular weight excluding hydrogens is 267 g/mol. The molecule has 12 heavy (non-hydrogen) atoms. The first-order valence-corrected chi connectivity index (χ1v) is 6.07. The molecule has 0 saturated heterocycles. The third kappa shape index (κ3) is 3.74. The largest absolute Gasteiger partial charge is 0.455 e. The molecule has 0 spiro atoms. The highest BCUT2D eigenvalue weighted by atomic mass is 127. The van der Waals surface area contributed by atoms with Gasteiger partial charge in [0.25, 0.3) is 0 Å². The van der Waals surface area contributed by atoms with Crippen LogP contribution >= 0.6 is 22.6 Å². The Labute approximate surface area is 87.2 Å². The molecule has 2 nitrogen and oxygen atoms in total. The summed E-state index contributed by atoms with van der Waals surface area (Å²) in [5, 5.41) is 0. The highest BCUT2D eigenvalue weighted by molar-refractivity contribution is 14.1. The molecule has 1 saturated carbocycles. The molecule has 1 aliphatic carbocycles. The van der Waals surface area contributed by atoms with Gasteiger partial charge in [-0.25, -0.2) is 0 Å². The summed E-state index contributed by atoms with van der Waals surface area (Å²) in [6, 6.07) is 0. The van der Waals surface area contributed by atoms with Gasteiger partial charge < -0.3 is 4.74 Å². The maximum atomic E-state index is 11.0. The van der Waals surface area contributed by atoms with E-state index >= 15 is 0 Å². The van der Waals surface area contributed by atoms with Crippen LogP contribution in [0.15, 0.2) is 0 Å². The number of carbonyl (C=O) groups excluding carboxylic acids is 1. The van der Waals surface area contributed by atoms with Crippen molar-refractivity contribution in [2.24, 2.45) is 5.92 Å². The van der Waals surface area contributed by atoms with E-state index < -0.39 is 0 Å². The van der Waals surface area contributed by atoms with Gasteiger partial charge in [0.1, 0.15) is 4.61 Å². The normalized spacial score (nSPS) is 18.1. The average molecular weight is 282 g/mol. The minimum atomic E-state index is -0.0312. The van der Waals surface area contributed by atoms with Gasteiger partial charge in [-0.3, -0.25) is 4.79 Å². The second kappa shape index (κ2) is 5.78. The summed E-state index contributed by atoms with van der Waals surface area (Å²) in [6.07, 6.45) is 7.00. The van der Waals surface area contributed by atoms with Crippen LogP contribution in [0.3, 0.4) is 0 Å². The number of hydrogen-bond acceptors (Lipinski definition) is 2. The number of esters is 1. The Balaban J connectivity index is 2.03. The van der Waals surface area contributed by atoms with Gasteiger partial charge in [-0.15, -0.1) is 0 Å². The molecule has 1 aliphatic rings. The number of hydrogen-bond donors (Lipinski definition) is 0. The molecule has 1 fully saturated rings. The Hall–Kier alpha value is 0.200. The predicted molar refractivity (Wildman–Crippen MR) is 56.2 cm³/mol. The summed E-state index contributed by atoms with van der Waals surface area (Å²) in [5.74, 6) is 0.767. The molecule has 0 amide bonds. The second-order valence-electron chi connectivity index (χ2n) is 3.31. The molecule has 0 N–H and O–H groups in total. The van der Waals surface area contributed by atoms with Crippen molar-refractivity contribution in [3.8, 4) is 0 Å². The third-order valence-corrected chi connectivity index (χ3v) is 2.76. The van der Waals surface area contributed by atoms with Crippen LogP contribution in [0.5, 0.6) is 0 Å². The summed E-state index contributed by atoms with van der Waals surface area (Å²) >= 11 is 2.05. The van der Waals surface area contributed by atoms with Crippen molar-refractivity contribution in [3.05, 3.63) is 0 Å². The van der Waals surface area contributed by atoms with Gasteiger partial charge in [0, 0.05) is 6.42 Å². The van der Waals surface area contributed by atoms with Crippen molar-refractivity contribution in [1.29, 1.82) is 0 Å². The van der Waals surface area contributed by atoms with Crippen LogP contribution in [0.2, 0.25) is 0 Å². The number of rotatable bonds is 4. The second-order valence-corrected chi connectivity index (χ2v) is 3.94. The van der Waals surface area contributed by atoms with Crippen LogP contribution in [-0.2, 0) is 9.53 Å². The molecule has 3 heteroatoms. The number of carbonyl (C=O) groups is 1. The lowest BCUT2D eigenvalue weighted by molar-refractivity contribution is -0.141. The monoisotopic (exact) mass is 282 g/mol. The molecule has 0 aliphatic heterocycles. The van der Waals surface area contributed by atoms with Crippen LogP contribution in [0.4, 0.5) is 0 Å². The van der Waals surface area contributed by atoms with Gasteiger partial charge in [0.05, 0.1) is 0 Å². The fourth-order valence-corrected chi connectivity index (χ4v) is 2.10. The van der Waals surface area contributed by atoms with E-state index in [1.165, 1.54) is 25.7 Å². The van der Waals surface area contributed by atoms with E-state index in [2.05, 4.69) is 0 Å². The zero-order valence-corrected chi connectivity index (χ0v) is 9.38. The van der Waals surface area contributed by atoms with Crippen molar-refractivity contribution in [2.75, 3.05) is 4.61 Å². The zero-order chi connectivity index (χ0) is 8.81. The van der Waals surface area contributed by atoms with Crippen LogP contribution < -0.4 is 0 Å². The van der Waals surface area contributed by atoms with E-state index in [0.717, 1.165) is 12.3 Å². The van der Waals surface area contributed by atoms with Crippen LogP contribution in [0, 0.1) is 5.92 Å². The third-order valence-electron chi connectivity index (χ3n) is 2.45. The smallest absolute Gasteiger partial charge is 0.306 e. The molecule has 0 aromatic rings. The Morgan fingerprint density at radius 2 is 2.08 bits per heavy atom. The molecule has 0 radical (unpaired) electrons. The minimum Gasteiger partial charge on any atom is -0.455 e. The fraction of sp³-hybridized carbons (Fsp3) is 0.889. The molecule has 0 bridgehead atoms. The molecule has 0 aromatic heterocycles. The van der Waals surface area contributed by atoms with Gasteiger partial charge in [-0.05, 0) is 34.9 Å². The van der Waals surface area contributed by atoms with Gasteiger partial charge in [-0.1, -0.05) is 25.7 Å². The van der Waals surface area contributed by atoms with Gasteiger partial charge in [0.15, 0.2) is 0 Å². The average Bonchev–Trinajstić information content (AvgIpc) is 2.53. The van der Waals surface area contributed by atoms with E-state index in [4.69, 9.17) is 4.74 Å². The quantitative estimate of drug-likeness (QED) is 0.450. The van der Waals surface area contributed by atoms with E-state index in [-0.39, 0.29) is 5.97 Å². The molecule has 0 atom stereocenters. The maximum Gasteiger partial charge on any atom is 0.306 e. The van der Waals surface area contributed by atoms with Gasteiger partial charge in [0.2, 0.25) is 0 Å². The SMILES string of the molecule is O=C(CCC1CCCC1)OCI. The van der Waals surface area contributed by atoms with Crippen molar-refractivity contribution >= 4 is 28.6 Å². The van der Waals surface area contributed by atoms with E-state index in [9.17, 15) is 4.79 Å². The maximum absolute atomic E-state index is 11.0. The number of alkyl halides is 1. The number of ether oxygens (including phenoxy) is 1. The lowest BCUT2D eigenvalue weighted by Gasteiger charge is -2.06. The predicted octanol–water partition coefficient (Wildman–Crippen LogP) is 2.89. The fourth-order valence-electron chi connectivity index (χ4n) is 1.75. The first kappa shape index (κ1) is 10.3. The van der Waals surface area contributed by atoms with Crippen LogP contribution in [0.1, 0.15) is 38.5 Å². The van der Waals surface area contributed by atoms with Crippen molar-refractivity contribution in [1.82, 2.24) is 0 Å². The molecule has 0 aromatic carbocycles. The Bertz CT molecular complexity index is 141. The summed E-state index contributed by atoms with van der Waals surface area (Å²) in [5.41, 5.74) is 0. The molecule has 1 rings (SSSR count). The highest BCUT2D eigenvalue weighted by Crippen LogP contribution is 2.28. The topological polar surface area (TPSA) is 26.3 Å². The van der Waals surface area contributed by atoms with Crippen molar-refractivity contribution in [2.45, 2.75) is 38.5 Å². The lowest BCUT2D eigenvalue weighted by atomic mass is 10.0. The Morgan fingerprint density at radius 3 is 2.67 bits per heavy atom.